The van der Waals surface area contributed by atoms with Gasteiger partial charge in [-0.1, -0.05) is 51.4 Å². The molecular weight excluding hydrogens is 316 g/mol. The van der Waals surface area contributed by atoms with Crippen LogP contribution in [0.1, 0.15) is 46.1 Å². The van der Waals surface area contributed by atoms with Gasteiger partial charge in [-0.3, -0.25) is 9.59 Å². The van der Waals surface area contributed by atoms with Gasteiger partial charge in [0.1, 0.15) is 5.41 Å². The summed E-state index contributed by atoms with van der Waals surface area (Å²) >= 11 is 5.92. The zero-order valence-corrected chi connectivity index (χ0v) is 14.9. The quantitative estimate of drug-likeness (QED) is 0.717. The third-order valence-corrected chi connectivity index (χ3v) is 3.80. The van der Waals surface area contributed by atoms with Gasteiger partial charge in [0, 0.05) is 5.02 Å². The van der Waals surface area contributed by atoms with Gasteiger partial charge in [-0.05, 0) is 36.0 Å². The lowest BCUT2D eigenvalue weighted by atomic mass is 9.72. The van der Waals surface area contributed by atoms with Crippen molar-refractivity contribution in [3.63, 3.8) is 0 Å². The van der Waals surface area contributed by atoms with E-state index >= 15 is 0 Å². The minimum Gasteiger partial charge on any atom is -0.481 e. The Morgan fingerprint density at radius 3 is 2.13 bits per heavy atom. The molecule has 5 heteroatoms. The molecule has 23 heavy (non-hydrogen) atoms. The van der Waals surface area contributed by atoms with Crippen molar-refractivity contribution in [2.75, 3.05) is 6.61 Å². The van der Waals surface area contributed by atoms with Crippen LogP contribution >= 0.6 is 11.6 Å². The first kappa shape index (κ1) is 19.5. The fourth-order valence-corrected chi connectivity index (χ4v) is 2.80. The molecule has 0 bridgehead atoms. The first-order valence-corrected chi connectivity index (χ1v) is 8.20. The van der Waals surface area contributed by atoms with E-state index in [2.05, 4.69) is 0 Å². The molecule has 0 aliphatic heterocycles. The molecule has 0 amide bonds. The van der Waals surface area contributed by atoms with E-state index in [1.54, 1.807) is 24.3 Å². The van der Waals surface area contributed by atoms with Crippen LogP contribution in [0, 0.1) is 11.8 Å². The number of rotatable bonds is 8. The van der Waals surface area contributed by atoms with Gasteiger partial charge in [0.25, 0.3) is 0 Å². The number of carboxylic acid groups (broad SMARTS) is 1. The third kappa shape index (κ3) is 5.54. The van der Waals surface area contributed by atoms with Crippen LogP contribution in [0.4, 0.5) is 0 Å². The molecule has 1 aromatic rings. The van der Waals surface area contributed by atoms with Crippen LogP contribution in [0.5, 0.6) is 0 Å². The van der Waals surface area contributed by atoms with Gasteiger partial charge in [-0.25, -0.2) is 0 Å². The van der Waals surface area contributed by atoms with E-state index in [9.17, 15) is 14.7 Å². The van der Waals surface area contributed by atoms with E-state index in [-0.39, 0.29) is 24.9 Å². The van der Waals surface area contributed by atoms with E-state index in [0.29, 0.717) is 17.0 Å². The van der Waals surface area contributed by atoms with Crippen molar-refractivity contribution < 1.29 is 19.4 Å². The molecule has 4 nitrogen and oxygen atoms in total. The lowest BCUT2D eigenvalue weighted by molar-refractivity contribution is -0.157. The van der Waals surface area contributed by atoms with E-state index in [1.807, 2.05) is 27.7 Å². The van der Waals surface area contributed by atoms with Crippen molar-refractivity contribution in [1.29, 1.82) is 0 Å². The third-order valence-electron chi connectivity index (χ3n) is 3.55. The Bertz CT molecular complexity index is 536. The first-order valence-electron chi connectivity index (χ1n) is 7.82. The van der Waals surface area contributed by atoms with Crippen molar-refractivity contribution in [2.45, 2.75) is 46.0 Å². The van der Waals surface area contributed by atoms with Crippen molar-refractivity contribution in [3.05, 3.63) is 34.9 Å². The van der Waals surface area contributed by atoms with Crippen LogP contribution in [0.3, 0.4) is 0 Å². The van der Waals surface area contributed by atoms with Gasteiger partial charge in [0.05, 0.1) is 13.0 Å². The molecule has 0 aliphatic rings. The fourth-order valence-electron chi connectivity index (χ4n) is 2.67. The van der Waals surface area contributed by atoms with Crippen LogP contribution in [-0.4, -0.2) is 23.7 Å². The summed E-state index contributed by atoms with van der Waals surface area (Å²) < 4.78 is 5.42. The highest BCUT2D eigenvalue weighted by molar-refractivity contribution is 6.30. The number of aliphatic carboxylic acids is 1. The second-order valence-electron chi connectivity index (χ2n) is 6.75. The highest BCUT2D eigenvalue weighted by Crippen LogP contribution is 2.37. The minimum atomic E-state index is -1.19. The average Bonchev–Trinajstić information content (AvgIpc) is 2.43. The number of carboxylic acids is 1. The molecule has 1 N–H and O–H groups in total. The standard InChI is InChI=1S/C18H25ClO4/c1-12(2)9-18(10-16(20)21,17(22)23-11-13(3)4)14-5-7-15(19)8-6-14/h5-8,12-13H,9-11H2,1-4H3,(H,20,21). The lowest BCUT2D eigenvalue weighted by Crippen LogP contribution is -2.41. The van der Waals surface area contributed by atoms with Crippen molar-refractivity contribution in [2.24, 2.45) is 11.8 Å². The summed E-state index contributed by atoms with van der Waals surface area (Å²) in [4.78, 5) is 24.3. The summed E-state index contributed by atoms with van der Waals surface area (Å²) in [6.07, 6.45) is 0.0988. The van der Waals surface area contributed by atoms with Crippen molar-refractivity contribution in [3.8, 4) is 0 Å². The molecule has 0 fully saturated rings. The molecule has 0 aromatic heterocycles. The SMILES string of the molecule is CC(C)COC(=O)C(CC(=O)O)(CC(C)C)c1ccc(Cl)cc1. The van der Waals surface area contributed by atoms with Gasteiger partial charge in [0.15, 0.2) is 0 Å². The van der Waals surface area contributed by atoms with Gasteiger partial charge in [-0.15, -0.1) is 0 Å². The zero-order chi connectivity index (χ0) is 17.6. The number of carbonyl (C=O) groups is 2. The molecule has 1 aromatic carbocycles. The molecule has 0 saturated heterocycles. The van der Waals surface area contributed by atoms with Gasteiger partial charge in [-0.2, -0.15) is 0 Å². The highest BCUT2D eigenvalue weighted by Gasteiger charge is 2.44. The van der Waals surface area contributed by atoms with Gasteiger partial charge >= 0.3 is 11.9 Å². The molecule has 1 unspecified atom stereocenters. The highest BCUT2D eigenvalue weighted by atomic mass is 35.5. The summed E-state index contributed by atoms with van der Waals surface area (Å²) in [6, 6.07) is 6.77. The normalized spacial score (nSPS) is 13.9. The predicted molar refractivity (Wildman–Crippen MR) is 90.6 cm³/mol. The number of carbonyl (C=O) groups excluding carboxylic acids is 1. The van der Waals surface area contributed by atoms with Crippen LogP contribution in [0.15, 0.2) is 24.3 Å². The lowest BCUT2D eigenvalue weighted by Gasteiger charge is -2.32. The van der Waals surface area contributed by atoms with Gasteiger partial charge in [0.2, 0.25) is 0 Å². The van der Waals surface area contributed by atoms with Crippen LogP contribution < -0.4 is 0 Å². The molecule has 0 heterocycles. The summed E-state index contributed by atoms with van der Waals surface area (Å²) in [5.74, 6) is -1.19. The number of halogens is 1. The van der Waals surface area contributed by atoms with E-state index in [1.165, 1.54) is 0 Å². The molecule has 0 radical (unpaired) electrons. The Labute approximate surface area is 142 Å². The first-order chi connectivity index (χ1) is 10.7. The number of benzene rings is 1. The second-order valence-corrected chi connectivity index (χ2v) is 7.19. The Kier molecular flexibility index (Phi) is 7.07. The maximum atomic E-state index is 12.8. The fraction of sp³-hybridized carbons (Fsp3) is 0.556. The predicted octanol–water partition coefficient (Wildman–Crippen LogP) is 4.30. The monoisotopic (exact) mass is 340 g/mol. The minimum absolute atomic E-state index is 0.136. The molecule has 0 aliphatic carbocycles. The van der Waals surface area contributed by atoms with Crippen LogP contribution in [-0.2, 0) is 19.7 Å². The average molecular weight is 341 g/mol. The molecule has 0 saturated carbocycles. The maximum Gasteiger partial charge on any atom is 0.317 e. The molecule has 1 atom stereocenters. The molecule has 128 valence electrons. The second kappa shape index (κ2) is 8.34. The Hall–Kier alpha value is -1.55. The summed E-state index contributed by atoms with van der Waals surface area (Å²) in [5.41, 5.74) is -0.564. The van der Waals surface area contributed by atoms with Crippen LogP contribution in [0.25, 0.3) is 0 Å². The zero-order valence-electron chi connectivity index (χ0n) is 14.1. The number of esters is 1. The van der Waals surface area contributed by atoms with E-state index in [4.69, 9.17) is 16.3 Å². The molecule has 1 rings (SSSR count). The Balaban J connectivity index is 3.30. The largest absolute Gasteiger partial charge is 0.481 e. The maximum absolute atomic E-state index is 12.8. The summed E-state index contributed by atoms with van der Waals surface area (Å²) in [5, 5.41) is 9.91. The van der Waals surface area contributed by atoms with Gasteiger partial charge < -0.3 is 9.84 Å². The van der Waals surface area contributed by atoms with E-state index in [0.717, 1.165) is 0 Å². The van der Waals surface area contributed by atoms with Crippen molar-refractivity contribution in [1.82, 2.24) is 0 Å². The molecule has 0 spiro atoms. The Morgan fingerprint density at radius 2 is 1.70 bits per heavy atom. The van der Waals surface area contributed by atoms with Crippen LogP contribution in [0.2, 0.25) is 5.02 Å². The summed E-state index contributed by atoms with van der Waals surface area (Å²) in [6.45, 7) is 8.07. The number of ether oxygens (including phenoxy) is 1. The summed E-state index contributed by atoms with van der Waals surface area (Å²) in [7, 11) is 0. The number of hydrogen-bond donors (Lipinski definition) is 1. The topological polar surface area (TPSA) is 63.6 Å². The smallest absolute Gasteiger partial charge is 0.317 e. The molecular formula is C18H25ClO4. The van der Waals surface area contributed by atoms with E-state index < -0.39 is 17.4 Å². The number of hydrogen-bond acceptors (Lipinski definition) is 3. The Morgan fingerprint density at radius 1 is 1.13 bits per heavy atom. The van der Waals surface area contributed by atoms with Crippen molar-refractivity contribution >= 4 is 23.5 Å².